The maximum Gasteiger partial charge on any atom is 0.121 e. The van der Waals surface area contributed by atoms with Gasteiger partial charge in [-0.2, -0.15) is 0 Å². The number of morpholine rings is 1. The van der Waals surface area contributed by atoms with Gasteiger partial charge in [-0.25, -0.2) is 0 Å². The molecule has 0 spiro atoms. The molecule has 3 rings (SSSR count). The van der Waals surface area contributed by atoms with Crippen molar-refractivity contribution in [3.05, 3.63) is 29.3 Å². The third-order valence-corrected chi connectivity index (χ3v) is 4.39. The van der Waals surface area contributed by atoms with Gasteiger partial charge in [0.25, 0.3) is 0 Å². The van der Waals surface area contributed by atoms with Crippen molar-refractivity contribution in [2.75, 3.05) is 33.4 Å². The zero-order valence-electron chi connectivity index (χ0n) is 13.1. The quantitative estimate of drug-likeness (QED) is 0.868. The molecule has 1 aromatic rings. The zero-order chi connectivity index (χ0) is 14.7. The minimum Gasteiger partial charge on any atom is -0.496 e. The average molecular weight is 290 g/mol. The van der Waals surface area contributed by atoms with Crippen LogP contribution in [0.2, 0.25) is 0 Å². The maximum atomic E-state index is 5.86. The van der Waals surface area contributed by atoms with Gasteiger partial charge in [-0.05, 0) is 37.0 Å². The molecule has 1 N–H and O–H groups in total. The van der Waals surface area contributed by atoms with E-state index in [0.717, 1.165) is 44.6 Å². The highest BCUT2D eigenvalue weighted by Gasteiger charge is 2.32. The van der Waals surface area contributed by atoms with Crippen LogP contribution in [0.15, 0.2) is 18.2 Å². The first-order valence-corrected chi connectivity index (χ1v) is 7.96. The van der Waals surface area contributed by atoms with E-state index in [9.17, 15) is 0 Å². The van der Waals surface area contributed by atoms with Crippen molar-refractivity contribution in [2.45, 2.75) is 38.5 Å². The highest BCUT2D eigenvalue weighted by atomic mass is 16.5. The molecule has 116 valence electrons. The van der Waals surface area contributed by atoms with Crippen LogP contribution in [0, 0.1) is 6.92 Å². The van der Waals surface area contributed by atoms with E-state index in [1.165, 1.54) is 24.0 Å². The van der Waals surface area contributed by atoms with Crippen molar-refractivity contribution in [3.8, 4) is 5.75 Å². The lowest BCUT2D eigenvalue weighted by Crippen LogP contribution is -2.47. The molecule has 1 saturated carbocycles. The Morgan fingerprint density at radius 1 is 1.38 bits per heavy atom. The summed E-state index contributed by atoms with van der Waals surface area (Å²) in [5.74, 6) is 0.953. The Bertz CT molecular complexity index is 474. The van der Waals surface area contributed by atoms with Gasteiger partial charge >= 0.3 is 0 Å². The number of ether oxygens (including phenoxy) is 2. The van der Waals surface area contributed by atoms with Crippen LogP contribution in [0.25, 0.3) is 0 Å². The molecule has 1 aliphatic carbocycles. The number of nitrogens with zero attached hydrogens (tertiary/aromatic N) is 1. The van der Waals surface area contributed by atoms with E-state index in [1.54, 1.807) is 7.11 Å². The number of hydrogen-bond acceptors (Lipinski definition) is 4. The first-order chi connectivity index (χ1) is 10.3. The molecular formula is C17H26N2O2. The van der Waals surface area contributed by atoms with Gasteiger partial charge in [-0.15, -0.1) is 0 Å². The van der Waals surface area contributed by atoms with E-state index in [0.29, 0.717) is 6.10 Å². The molecule has 1 heterocycles. The second-order valence-electron chi connectivity index (χ2n) is 6.15. The molecule has 0 radical (unpaired) electrons. The number of aryl methyl sites for hydroxylation is 1. The Morgan fingerprint density at radius 3 is 2.95 bits per heavy atom. The highest BCUT2D eigenvalue weighted by Crippen LogP contribution is 2.28. The van der Waals surface area contributed by atoms with Crippen molar-refractivity contribution < 1.29 is 9.47 Å². The molecule has 2 aliphatic rings. The van der Waals surface area contributed by atoms with Gasteiger partial charge < -0.3 is 14.8 Å². The minimum absolute atomic E-state index is 0.332. The van der Waals surface area contributed by atoms with Crippen molar-refractivity contribution in [2.24, 2.45) is 0 Å². The Hall–Kier alpha value is -1.10. The first kappa shape index (κ1) is 14.8. The van der Waals surface area contributed by atoms with Gasteiger partial charge in [0.15, 0.2) is 0 Å². The standard InChI is InChI=1S/C17H26N2O2/c1-13-9-14(3-6-17(13)20-2)10-18-11-16-12-19(7-8-21-16)15-4-5-15/h3,6,9,15-16,18H,4-5,7-8,10-12H2,1-2H3/t16-/m1/s1. The number of hydrogen-bond donors (Lipinski definition) is 1. The lowest BCUT2D eigenvalue weighted by Gasteiger charge is -2.33. The van der Waals surface area contributed by atoms with E-state index < -0.39 is 0 Å². The molecule has 0 unspecified atom stereocenters. The topological polar surface area (TPSA) is 33.7 Å². The zero-order valence-corrected chi connectivity index (χ0v) is 13.1. The summed E-state index contributed by atoms with van der Waals surface area (Å²) in [6, 6.07) is 7.19. The van der Waals surface area contributed by atoms with Gasteiger partial charge in [0.2, 0.25) is 0 Å². The van der Waals surface area contributed by atoms with Crippen molar-refractivity contribution in [3.63, 3.8) is 0 Å². The van der Waals surface area contributed by atoms with Crippen LogP contribution in [0.4, 0.5) is 0 Å². The van der Waals surface area contributed by atoms with E-state index in [1.807, 2.05) is 6.07 Å². The third kappa shape index (κ3) is 3.96. The molecule has 4 heteroatoms. The molecule has 4 nitrogen and oxygen atoms in total. The third-order valence-electron chi connectivity index (χ3n) is 4.39. The molecule has 0 aromatic heterocycles. The van der Waals surface area contributed by atoms with Crippen LogP contribution in [0.3, 0.4) is 0 Å². The van der Waals surface area contributed by atoms with Crippen LogP contribution in [0.1, 0.15) is 24.0 Å². The van der Waals surface area contributed by atoms with Crippen molar-refractivity contribution in [1.29, 1.82) is 0 Å². The largest absolute Gasteiger partial charge is 0.496 e. The SMILES string of the molecule is COc1ccc(CNC[C@@H]2CN(C3CC3)CCO2)cc1C. The van der Waals surface area contributed by atoms with Gasteiger partial charge in [-0.1, -0.05) is 12.1 Å². The predicted molar refractivity (Wildman–Crippen MR) is 83.8 cm³/mol. The fourth-order valence-corrected chi connectivity index (χ4v) is 3.06. The summed E-state index contributed by atoms with van der Waals surface area (Å²) in [6.07, 6.45) is 3.09. The fourth-order valence-electron chi connectivity index (χ4n) is 3.06. The van der Waals surface area contributed by atoms with Gasteiger partial charge in [0.1, 0.15) is 5.75 Å². The van der Waals surface area contributed by atoms with E-state index in [-0.39, 0.29) is 0 Å². The molecule has 21 heavy (non-hydrogen) atoms. The second-order valence-corrected chi connectivity index (χ2v) is 6.15. The van der Waals surface area contributed by atoms with E-state index in [4.69, 9.17) is 9.47 Å². The normalized spacial score (nSPS) is 23.2. The summed E-state index contributed by atoms with van der Waals surface area (Å²) >= 11 is 0. The second kappa shape index (κ2) is 6.77. The molecular weight excluding hydrogens is 264 g/mol. The van der Waals surface area contributed by atoms with Crippen LogP contribution in [0.5, 0.6) is 5.75 Å². The maximum absolute atomic E-state index is 5.86. The smallest absolute Gasteiger partial charge is 0.121 e. The first-order valence-electron chi connectivity index (χ1n) is 7.96. The van der Waals surface area contributed by atoms with Crippen LogP contribution in [-0.2, 0) is 11.3 Å². The number of nitrogens with one attached hydrogen (secondary N) is 1. The molecule has 1 saturated heterocycles. The molecule has 1 atom stereocenters. The summed E-state index contributed by atoms with van der Waals surface area (Å²) in [5.41, 5.74) is 2.48. The Kier molecular flexibility index (Phi) is 4.78. The van der Waals surface area contributed by atoms with Crippen LogP contribution < -0.4 is 10.1 Å². The molecule has 2 fully saturated rings. The predicted octanol–water partition coefficient (Wildman–Crippen LogP) is 1.96. The van der Waals surface area contributed by atoms with Crippen molar-refractivity contribution >= 4 is 0 Å². The summed E-state index contributed by atoms with van der Waals surface area (Å²) in [7, 11) is 1.71. The Balaban J connectivity index is 1.44. The average Bonchev–Trinajstić information content (AvgIpc) is 3.32. The van der Waals surface area contributed by atoms with Gasteiger partial charge in [0.05, 0.1) is 19.8 Å². The van der Waals surface area contributed by atoms with Gasteiger partial charge in [0, 0.05) is 32.2 Å². The van der Waals surface area contributed by atoms with E-state index >= 15 is 0 Å². The fraction of sp³-hybridized carbons (Fsp3) is 0.647. The summed E-state index contributed by atoms with van der Waals surface area (Å²) < 4.78 is 11.2. The Labute approximate surface area is 127 Å². The number of benzene rings is 1. The minimum atomic E-state index is 0.332. The van der Waals surface area contributed by atoms with E-state index in [2.05, 4.69) is 29.3 Å². The Morgan fingerprint density at radius 2 is 2.24 bits per heavy atom. The van der Waals surface area contributed by atoms with Gasteiger partial charge in [-0.3, -0.25) is 4.90 Å². The monoisotopic (exact) mass is 290 g/mol. The molecule has 1 aromatic carbocycles. The van der Waals surface area contributed by atoms with Crippen LogP contribution in [-0.4, -0.2) is 50.4 Å². The summed E-state index contributed by atoms with van der Waals surface area (Å²) in [5, 5.41) is 3.52. The number of methoxy groups -OCH3 is 1. The molecule has 1 aliphatic heterocycles. The number of rotatable bonds is 6. The lowest BCUT2D eigenvalue weighted by atomic mass is 10.1. The molecule has 0 amide bonds. The highest BCUT2D eigenvalue weighted by molar-refractivity contribution is 5.36. The van der Waals surface area contributed by atoms with Crippen LogP contribution >= 0.6 is 0 Å². The summed E-state index contributed by atoms with van der Waals surface area (Å²) in [6.45, 7) is 6.96. The summed E-state index contributed by atoms with van der Waals surface area (Å²) in [4.78, 5) is 2.59. The molecule has 0 bridgehead atoms. The van der Waals surface area contributed by atoms with Crippen molar-refractivity contribution in [1.82, 2.24) is 10.2 Å². The lowest BCUT2D eigenvalue weighted by molar-refractivity contribution is -0.0301.